The molecule has 0 fully saturated rings. The molecule has 1 unspecified atom stereocenters. The van der Waals surface area contributed by atoms with E-state index in [9.17, 15) is 5.11 Å². The Kier molecular flexibility index (Phi) is 9.28. The van der Waals surface area contributed by atoms with E-state index in [0.29, 0.717) is 26.3 Å². The van der Waals surface area contributed by atoms with Crippen molar-refractivity contribution >= 4 is 0 Å². The normalized spacial score (nSPS) is 12.3. The third kappa shape index (κ3) is 6.42. The molecule has 0 radical (unpaired) electrons. The van der Waals surface area contributed by atoms with Gasteiger partial charge in [-0.2, -0.15) is 5.10 Å². The molecule has 32 heavy (non-hydrogen) atoms. The molecule has 0 aliphatic heterocycles. The number of ether oxygens (including phenoxy) is 2. The highest BCUT2D eigenvalue weighted by Gasteiger charge is 2.23. The smallest absolute Gasteiger partial charge is 0.227 e. The van der Waals surface area contributed by atoms with Gasteiger partial charge in [0.1, 0.15) is 5.75 Å². The molecule has 1 atom stereocenters. The highest BCUT2D eigenvalue weighted by molar-refractivity contribution is 5.43. The number of aromatic nitrogens is 2. The van der Waals surface area contributed by atoms with Crippen molar-refractivity contribution in [3.05, 3.63) is 71.9 Å². The van der Waals surface area contributed by atoms with Crippen molar-refractivity contribution in [2.45, 2.75) is 46.3 Å². The zero-order valence-electron chi connectivity index (χ0n) is 19.4. The summed E-state index contributed by atoms with van der Waals surface area (Å²) in [6, 6.07) is 19.9. The lowest BCUT2D eigenvalue weighted by Gasteiger charge is -2.25. The maximum absolute atomic E-state index is 10.5. The van der Waals surface area contributed by atoms with E-state index in [2.05, 4.69) is 18.7 Å². The van der Waals surface area contributed by atoms with Crippen LogP contribution in [0.5, 0.6) is 11.6 Å². The van der Waals surface area contributed by atoms with Crippen LogP contribution in [0.25, 0.3) is 5.69 Å². The molecule has 0 amide bonds. The van der Waals surface area contributed by atoms with Crippen LogP contribution in [-0.2, 0) is 17.7 Å². The summed E-state index contributed by atoms with van der Waals surface area (Å²) in [6.07, 6.45) is 1.25. The van der Waals surface area contributed by atoms with Gasteiger partial charge in [0.2, 0.25) is 5.88 Å². The van der Waals surface area contributed by atoms with Gasteiger partial charge in [-0.1, -0.05) is 50.2 Å². The second-order valence-corrected chi connectivity index (χ2v) is 7.79. The van der Waals surface area contributed by atoms with E-state index in [1.807, 2.05) is 72.3 Å². The van der Waals surface area contributed by atoms with Crippen LogP contribution in [0.3, 0.4) is 0 Å². The average Bonchev–Trinajstić information content (AvgIpc) is 3.16. The Labute approximate surface area is 191 Å². The van der Waals surface area contributed by atoms with Gasteiger partial charge < -0.3 is 14.6 Å². The van der Waals surface area contributed by atoms with Crippen molar-refractivity contribution < 1.29 is 14.6 Å². The van der Waals surface area contributed by atoms with Gasteiger partial charge in [0.05, 0.1) is 29.7 Å². The minimum absolute atomic E-state index is 0.341. The first kappa shape index (κ1) is 24.0. The zero-order chi connectivity index (χ0) is 22.8. The van der Waals surface area contributed by atoms with Crippen molar-refractivity contribution in [2.75, 3.05) is 26.3 Å². The molecule has 0 saturated heterocycles. The van der Waals surface area contributed by atoms with Gasteiger partial charge in [-0.25, -0.2) is 4.68 Å². The summed E-state index contributed by atoms with van der Waals surface area (Å²) in [5, 5.41) is 15.4. The number of hydrogen-bond donors (Lipinski definition) is 1. The molecular weight excluding hydrogens is 402 g/mol. The fourth-order valence-corrected chi connectivity index (χ4v) is 3.75. The first-order valence-electron chi connectivity index (χ1n) is 11.5. The molecule has 1 aromatic heterocycles. The molecule has 1 N–H and O–H groups in total. The van der Waals surface area contributed by atoms with E-state index < -0.39 is 6.10 Å². The Bertz CT molecular complexity index is 928. The summed E-state index contributed by atoms with van der Waals surface area (Å²) in [6.45, 7) is 9.20. The number of aliphatic hydroxyl groups is 1. The van der Waals surface area contributed by atoms with Crippen molar-refractivity contribution in [2.24, 2.45) is 0 Å². The highest BCUT2D eigenvalue weighted by Crippen LogP contribution is 2.32. The van der Waals surface area contributed by atoms with Gasteiger partial charge in [0.15, 0.2) is 0 Å². The Morgan fingerprint density at radius 2 is 1.69 bits per heavy atom. The van der Waals surface area contributed by atoms with Gasteiger partial charge in [-0.05, 0) is 50.6 Å². The fraction of sp³-hybridized carbons (Fsp3) is 0.423. The number of para-hydroxylation sites is 2. The Morgan fingerprint density at radius 1 is 1.00 bits per heavy atom. The van der Waals surface area contributed by atoms with Crippen molar-refractivity contribution in [1.29, 1.82) is 0 Å². The summed E-state index contributed by atoms with van der Waals surface area (Å²) >= 11 is 0. The topological polar surface area (TPSA) is 59.8 Å². The van der Waals surface area contributed by atoms with Crippen LogP contribution in [0.15, 0.2) is 60.7 Å². The molecule has 2 aromatic carbocycles. The third-order valence-corrected chi connectivity index (χ3v) is 5.22. The molecular formula is C26H35N3O3. The quantitative estimate of drug-likeness (QED) is 0.415. The van der Waals surface area contributed by atoms with Crippen LogP contribution in [0.1, 0.15) is 38.4 Å². The van der Waals surface area contributed by atoms with E-state index >= 15 is 0 Å². The molecule has 6 nitrogen and oxygen atoms in total. The van der Waals surface area contributed by atoms with E-state index in [-0.39, 0.29) is 0 Å². The highest BCUT2D eigenvalue weighted by atomic mass is 16.5. The summed E-state index contributed by atoms with van der Waals surface area (Å²) < 4.78 is 13.7. The molecule has 0 aliphatic rings. The van der Waals surface area contributed by atoms with E-state index in [1.165, 1.54) is 0 Å². The summed E-state index contributed by atoms with van der Waals surface area (Å²) in [5.41, 5.74) is 3.01. The molecule has 172 valence electrons. The van der Waals surface area contributed by atoms with Gasteiger partial charge in [-0.15, -0.1) is 0 Å². The molecule has 0 aliphatic carbocycles. The minimum atomic E-state index is -0.533. The molecule has 6 heteroatoms. The van der Waals surface area contributed by atoms with E-state index in [4.69, 9.17) is 14.6 Å². The second-order valence-electron chi connectivity index (χ2n) is 7.79. The van der Waals surface area contributed by atoms with Gasteiger partial charge in [0.25, 0.3) is 0 Å². The monoisotopic (exact) mass is 437 g/mol. The van der Waals surface area contributed by atoms with Crippen LogP contribution in [0.2, 0.25) is 0 Å². The number of aryl methyl sites for hydroxylation is 1. The average molecular weight is 438 g/mol. The SMILES string of the molecule is CCCN(Cc1c(CC)nn(-c2ccccc2)c1Oc1ccccc1)CC(O)COCC. The van der Waals surface area contributed by atoms with Crippen LogP contribution >= 0.6 is 0 Å². The number of hydrogen-bond acceptors (Lipinski definition) is 5. The van der Waals surface area contributed by atoms with Crippen molar-refractivity contribution in [3.63, 3.8) is 0 Å². The predicted octanol–water partition coefficient (Wildman–Crippen LogP) is 4.84. The molecule has 0 saturated carbocycles. The lowest BCUT2D eigenvalue weighted by Crippen LogP contribution is -2.35. The lowest BCUT2D eigenvalue weighted by molar-refractivity contribution is 0.0194. The summed E-state index contributed by atoms with van der Waals surface area (Å²) in [4.78, 5) is 2.26. The van der Waals surface area contributed by atoms with Gasteiger partial charge in [-0.3, -0.25) is 4.90 Å². The summed E-state index contributed by atoms with van der Waals surface area (Å²) in [5.74, 6) is 1.49. The second kappa shape index (κ2) is 12.4. The molecule has 1 heterocycles. The molecule has 0 spiro atoms. The first-order valence-corrected chi connectivity index (χ1v) is 11.5. The summed E-state index contributed by atoms with van der Waals surface area (Å²) in [7, 11) is 0. The maximum Gasteiger partial charge on any atom is 0.227 e. The molecule has 3 aromatic rings. The minimum Gasteiger partial charge on any atom is -0.439 e. The van der Waals surface area contributed by atoms with Crippen molar-refractivity contribution in [1.82, 2.24) is 14.7 Å². The fourth-order valence-electron chi connectivity index (χ4n) is 3.75. The first-order chi connectivity index (χ1) is 15.7. The predicted molar refractivity (Wildman–Crippen MR) is 128 cm³/mol. The maximum atomic E-state index is 10.5. The lowest BCUT2D eigenvalue weighted by atomic mass is 10.1. The van der Waals surface area contributed by atoms with Crippen LogP contribution < -0.4 is 4.74 Å². The van der Waals surface area contributed by atoms with E-state index in [0.717, 1.165) is 48.0 Å². The van der Waals surface area contributed by atoms with Crippen LogP contribution in [0, 0.1) is 0 Å². The number of nitrogens with zero attached hydrogens (tertiary/aromatic N) is 3. The molecule has 0 bridgehead atoms. The van der Waals surface area contributed by atoms with E-state index in [1.54, 1.807) is 0 Å². The largest absolute Gasteiger partial charge is 0.439 e. The third-order valence-electron chi connectivity index (χ3n) is 5.22. The Morgan fingerprint density at radius 3 is 2.31 bits per heavy atom. The Hall–Kier alpha value is -2.67. The van der Waals surface area contributed by atoms with Gasteiger partial charge >= 0.3 is 0 Å². The number of rotatable bonds is 13. The van der Waals surface area contributed by atoms with Crippen LogP contribution in [-0.4, -0.2) is 52.2 Å². The number of aliphatic hydroxyl groups excluding tert-OH is 1. The van der Waals surface area contributed by atoms with Crippen molar-refractivity contribution in [3.8, 4) is 17.3 Å². The zero-order valence-corrected chi connectivity index (χ0v) is 19.4. The van der Waals surface area contributed by atoms with Crippen LogP contribution in [0.4, 0.5) is 0 Å². The standard InChI is InChI=1S/C26H35N3O3/c1-4-17-28(18-22(30)20-31-6-3)19-24-25(5-2)27-29(21-13-9-7-10-14-21)26(24)32-23-15-11-8-12-16-23/h7-16,22,30H,4-6,17-20H2,1-3H3. The van der Waals surface area contributed by atoms with Gasteiger partial charge in [0, 0.05) is 19.7 Å². The molecule has 3 rings (SSSR count). The number of benzene rings is 2. The Balaban J connectivity index is 1.97.